The van der Waals surface area contributed by atoms with Crippen molar-refractivity contribution in [2.45, 2.75) is 25.9 Å². The van der Waals surface area contributed by atoms with E-state index in [1.165, 1.54) is 12.8 Å². The number of hydrogen-bond donors (Lipinski definition) is 2. The first-order valence-corrected chi connectivity index (χ1v) is 5.98. The van der Waals surface area contributed by atoms with Crippen LogP contribution in [0.1, 0.15) is 35.2 Å². The molecule has 0 radical (unpaired) electrons. The monoisotopic (exact) mass is 234 g/mol. The molecular formula is C13H18N2O2. The molecule has 1 aliphatic carbocycles. The third-order valence-corrected chi connectivity index (χ3v) is 3.02. The average Bonchev–Trinajstić information content (AvgIpc) is 3.18. The Morgan fingerprint density at radius 2 is 2.18 bits per heavy atom. The Bertz CT molecular complexity index is 389. The number of benzene rings is 1. The molecule has 1 saturated carbocycles. The van der Waals surface area contributed by atoms with Gasteiger partial charge in [0.25, 0.3) is 5.91 Å². The van der Waals surface area contributed by atoms with Crippen LogP contribution in [0.3, 0.4) is 0 Å². The number of ether oxygens (including phenoxy) is 1. The minimum atomic E-state index is -0.272. The van der Waals surface area contributed by atoms with Gasteiger partial charge in [-0.1, -0.05) is 31.0 Å². The molecule has 0 aliphatic heterocycles. The van der Waals surface area contributed by atoms with Crippen molar-refractivity contribution in [1.82, 2.24) is 5.43 Å². The standard InChI is InChI=1S/C13H18N2O2/c14-15-13(16)12-4-2-1-3-11(12)9-17-8-7-10-5-6-10/h1-4,10H,5-9,14H2,(H,15,16). The topological polar surface area (TPSA) is 64.3 Å². The minimum Gasteiger partial charge on any atom is -0.377 e. The number of nitrogen functional groups attached to an aromatic ring is 1. The molecule has 0 heterocycles. The van der Waals surface area contributed by atoms with Gasteiger partial charge in [-0.2, -0.15) is 0 Å². The summed E-state index contributed by atoms with van der Waals surface area (Å²) in [7, 11) is 0. The van der Waals surface area contributed by atoms with Crippen molar-refractivity contribution in [2.24, 2.45) is 11.8 Å². The summed E-state index contributed by atoms with van der Waals surface area (Å²) >= 11 is 0. The highest BCUT2D eigenvalue weighted by molar-refractivity contribution is 5.95. The van der Waals surface area contributed by atoms with Gasteiger partial charge in [0.15, 0.2) is 0 Å². The fourth-order valence-corrected chi connectivity index (χ4v) is 1.78. The molecule has 1 amide bonds. The fraction of sp³-hybridized carbons (Fsp3) is 0.462. The van der Waals surface area contributed by atoms with Gasteiger partial charge < -0.3 is 4.74 Å². The molecular weight excluding hydrogens is 216 g/mol. The lowest BCUT2D eigenvalue weighted by molar-refractivity contribution is 0.0936. The fourth-order valence-electron chi connectivity index (χ4n) is 1.78. The second-order valence-electron chi connectivity index (χ2n) is 4.42. The molecule has 0 unspecified atom stereocenters. The van der Waals surface area contributed by atoms with Crippen molar-refractivity contribution in [1.29, 1.82) is 0 Å². The number of carbonyl (C=O) groups excluding carboxylic acids is 1. The predicted octanol–water partition coefficient (Wildman–Crippen LogP) is 1.61. The van der Waals surface area contributed by atoms with Gasteiger partial charge in [0.2, 0.25) is 0 Å². The average molecular weight is 234 g/mol. The zero-order valence-corrected chi connectivity index (χ0v) is 9.82. The summed E-state index contributed by atoms with van der Waals surface area (Å²) in [5.41, 5.74) is 3.61. The Balaban J connectivity index is 1.87. The van der Waals surface area contributed by atoms with Gasteiger partial charge >= 0.3 is 0 Å². The van der Waals surface area contributed by atoms with E-state index in [2.05, 4.69) is 5.43 Å². The Labute approximate surface area is 101 Å². The van der Waals surface area contributed by atoms with Gasteiger partial charge in [-0.25, -0.2) is 5.84 Å². The summed E-state index contributed by atoms with van der Waals surface area (Å²) in [5.74, 6) is 5.74. The van der Waals surface area contributed by atoms with E-state index in [0.29, 0.717) is 12.2 Å². The highest BCUT2D eigenvalue weighted by atomic mass is 16.5. The third kappa shape index (κ3) is 3.54. The van der Waals surface area contributed by atoms with Gasteiger partial charge in [-0.15, -0.1) is 0 Å². The lowest BCUT2D eigenvalue weighted by Gasteiger charge is -2.08. The summed E-state index contributed by atoms with van der Waals surface area (Å²) in [6.45, 7) is 1.24. The molecule has 0 atom stereocenters. The molecule has 0 aromatic heterocycles. The van der Waals surface area contributed by atoms with Crippen LogP contribution in [0.25, 0.3) is 0 Å². The maximum atomic E-state index is 11.5. The molecule has 0 bridgehead atoms. The van der Waals surface area contributed by atoms with Gasteiger partial charge in [-0.05, 0) is 24.0 Å². The highest BCUT2D eigenvalue weighted by Crippen LogP contribution is 2.32. The van der Waals surface area contributed by atoms with Crippen molar-refractivity contribution in [3.63, 3.8) is 0 Å². The van der Waals surface area contributed by atoms with Crippen LogP contribution in [0.2, 0.25) is 0 Å². The molecule has 2 rings (SSSR count). The largest absolute Gasteiger partial charge is 0.377 e. The van der Waals surface area contributed by atoms with Crippen molar-refractivity contribution < 1.29 is 9.53 Å². The molecule has 0 saturated heterocycles. The van der Waals surface area contributed by atoms with Crippen LogP contribution >= 0.6 is 0 Å². The van der Waals surface area contributed by atoms with E-state index in [1.807, 2.05) is 18.2 Å². The van der Waals surface area contributed by atoms with Crippen molar-refractivity contribution in [2.75, 3.05) is 6.61 Å². The number of hydrogen-bond acceptors (Lipinski definition) is 3. The highest BCUT2D eigenvalue weighted by Gasteiger charge is 2.20. The van der Waals surface area contributed by atoms with E-state index in [0.717, 1.165) is 24.5 Å². The van der Waals surface area contributed by atoms with Crippen molar-refractivity contribution in [3.05, 3.63) is 35.4 Å². The first kappa shape index (κ1) is 12.1. The molecule has 1 aromatic rings. The van der Waals surface area contributed by atoms with Crippen LogP contribution in [0.5, 0.6) is 0 Å². The quantitative estimate of drug-likeness (QED) is 0.340. The zero-order chi connectivity index (χ0) is 12.1. The summed E-state index contributed by atoms with van der Waals surface area (Å²) in [4.78, 5) is 11.5. The molecule has 0 spiro atoms. The number of nitrogens with two attached hydrogens (primary N) is 1. The van der Waals surface area contributed by atoms with Gasteiger partial charge in [-0.3, -0.25) is 10.2 Å². The summed E-state index contributed by atoms with van der Waals surface area (Å²) in [6, 6.07) is 7.36. The van der Waals surface area contributed by atoms with E-state index in [-0.39, 0.29) is 5.91 Å². The Kier molecular flexibility index (Phi) is 4.12. The Hall–Kier alpha value is -1.39. The summed E-state index contributed by atoms with van der Waals surface area (Å²) in [6.07, 6.45) is 3.82. The van der Waals surface area contributed by atoms with Crippen molar-refractivity contribution in [3.8, 4) is 0 Å². The molecule has 1 aromatic carbocycles. The Morgan fingerprint density at radius 1 is 1.41 bits per heavy atom. The lowest BCUT2D eigenvalue weighted by atomic mass is 10.1. The number of carbonyl (C=O) groups is 1. The van der Waals surface area contributed by atoms with Crippen LogP contribution in [-0.4, -0.2) is 12.5 Å². The first-order valence-electron chi connectivity index (χ1n) is 5.98. The second kappa shape index (κ2) is 5.80. The molecule has 1 aliphatic rings. The maximum absolute atomic E-state index is 11.5. The van der Waals surface area contributed by atoms with E-state index in [1.54, 1.807) is 6.07 Å². The smallest absolute Gasteiger partial charge is 0.265 e. The van der Waals surface area contributed by atoms with Crippen LogP contribution in [0.4, 0.5) is 0 Å². The molecule has 92 valence electrons. The minimum absolute atomic E-state index is 0.272. The van der Waals surface area contributed by atoms with Crippen LogP contribution < -0.4 is 11.3 Å². The van der Waals surface area contributed by atoms with Crippen LogP contribution in [0, 0.1) is 5.92 Å². The normalized spacial score (nSPS) is 14.6. The number of rotatable bonds is 6. The molecule has 3 N–H and O–H groups in total. The molecule has 17 heavy (non-hydrogen) atoms. The SMILES string of the molecule is NNC(=O)c1ccccc1COCCC1CC1. The second-order valence-corrected chi connectivity index (χ2v) is 4.42. The molecule has 4 nitrogen and oxygen atoms in total. The predicted molar refractivity (Wildman–Crippen MR) is 65.1 cm³/mol. The van der Waals surface area contributed by atoms with E-state index >= 15 is 0 Å². The number of hydrazine groups is 1. The summed E-state index contributed by atoms with van der Waals surface area (Å²) < 4.78 is 5.59. The first-order chi connectivity index (χ1) is 8.31. The van der Waals surface area contributed by atoms with Gasteiger partial charge in [0, 0.05) is 12.2 Å². The zero-order valence-electron chi connectivity index (χ0n) is 9.82. The lowest BCUT2D eigenvalue weighted by Crippen LogP contribution is -2.30. The Morgan fingerprint density at radius 3 is 2.88 bits per heavy atom. The number of amides is 1. The summed E-state index contributed by atoms with van der Waals surface area (Å²) in [5, 5.41) is 0. The van der Waals surface area contributed by atoms with E-state index < -0.39 is 0 Å². The molecule has 4 heteroatoms. The van der Waals surface area contributed by atoms with Crippen LogP contribution in [-0.2, 0) is 11.3 Å². The molecule has 1 fully saturated rings. The van der Waals surface area contributed by atoms with E-state index in [9.17, 15) is 4.79 Å². The van der Waals surface area contributed by atoms with Crippen molar-refractivity contribution >= 4 is 5.91 Å². The maximum Gasteiger partial charge on any atom is 0.265 e. The third-order valence-electron chi connectivity index (χ3n) is 3.02. The van der Waals surface area contributed by atoms with E-state index in [4.69, 9.17) is 10.6 Å². The van der Waals surface area contributed by atoms with Gasteiger partial charge in [0.1, 0.15) is 0 Å². The number of nitrogens with one attached hydrogen (secondary N) is 1. The van der Waals surface area contributed by atoms with Crippen LogP contribution in [0.15, 0.2) is 24.3 Å². The van der Waals surface area contributed by atoms with Gasteiger partial charge in [0.05, 0.1) is 6.61 Å².